The van der Waals surface area contributed by atoms with Gasteiger partial charge in [0, 0.05) is 12.3 Å². The molecule has 0 bridgehead atoms. The third-order valence-electron chi connectivity index (χ3n) is 12.8. The van der Waals surface area contributed by atoms with Crippen LogP contribution in [0.2, 0.25) is 0 Å². The molecule has 0 aromatic carbocycles. The maximum absolute atomic E-state index is 11.9. The summed E-state index contributed by atoms with van der Waals surface area (Å²) in [6.45, 7) is 23.8. The standard InChI is InChI=1S/C34H56O2/c1-11-25(22(2)3)13-12-23(4)26-16-20-34(10)28-14-15-29-31(6,7)30(36-24(5)35)18-19-32(29,8)27(28)17-21-33(26,34)9/h11,22-23,26,29-30H,12-21H2,1-10H3/b25-11+/t23-,26-,29+,30+,32-,33-,34+/m1/s1. The zero-order chi connectivity index (χ0) is 26.7. The minimum Gasteiger partial charge on any atom is -0.462 e. The normalized spacial score (nSPS) is 41.0. The lowest BCUT2D eigenvalue weighted by Crippen LogP contribution is -2.55. The van der Waals surface area contributed by atoms with Crippen molar-refractivity contribution in [2.24, 2.45) is 45.3 Å². The zero-order valence-electron chi connectivity index (χ0n) is 25.4. The summed E-state index contributed by atoms with van der Waals surface area (Å²) in [6.07, 6.45) is 15.1. The van der Waals surface area contributed by atoms with E-state index in [0.29, 0.717) is 22.7 Å². The van der Waals surface area contributed by atoms with Gasteiger partial charge in [-0.1, -0.05) is 78.2 Å². The van der Waals surface area contributed by atoms with E-state index in [-0.39, 0.29) is 22.9 Å². The van der Waals surface area contributed by atoms with Crippen LogP contribution in [0.5, 0.6) is 0 Å². The number of esters is 1. The second-order valence-electron chi connectivity index (χ2n) is 14.9. The molecular formula is C34H56O2. The molecule has 0 radical (unpaired) electrons. The Hall–Kier alpha value is -1.05. The van der Waals surface area contributed by atoms with E-state index in [9.17, 15) is 4.79 Å². The summed E-state index contributed by atoms with van der Waals surface area (Å²) in [7, 11) is 0. The van der Waals surface area contributed by atoms with Gasteiger partial charge in [-0.25, -0.2) is 0 Å². The lowest BCUT2D eigenvalue weighted by Gasteiger charge is -2.62. The molecule has 4 aliphatic rings. The average molecular weight is 497 g/mol. The first-order valence-electron chi connectivity index (χ1n) is 15.3. The molecule has 0 spiro atoms. The van der Waals surface area contributed by atoms with Gasteiger partial charge in [0.15, 0.2) is 0 Å². The van der Waals surface area contributed by atoms with Gasteiger partial charge in [0.05, 0.1) is 0 Å². The fourth-order valence-corrected chi connectivity index (χ4v) is 10.4. The van der Waals surface area contributed by atoms with Gasteiger partial charge in [-0.2, -0.15) is 0 Å². The highest BCUT2D eigenvalue weighted by atomic mass is 16.5. The Morgan fingerprint density at radius 1 is 0.972 bits per heavy atom. The number of hydrogen-bond acceptors (Lipinski definition) is 2. The third-order valence-corrected chi connectivity index (χ3v) is 12.8. The molecule has 2 heteroatoms. The highest BCUT2D eigenvalue weighted by molar-refractivity contribution is 5.66. The largest absolute Gasteiger partial charge is 0.462 e. The molecule has 2 nitrogen and oxygen atoms in total. The molecule has 0 saturated heterocycles. The number of rotatable bonds is 6. The predicted molar refractivity (Wildman–Crippen MR) is 152 cm³/mol. The number of carbonyl (C=O) groups excluding carboxylic acids is 1. The van der Waals surface area contributed by atoms with Gasteiger partial charge in [-0.15, -0.1) is 0 Å². The molecule has 4 aliphatic carbocycles. The molecule has 0 aliphatic heterocycles. The van der Waals surface area contributed by atoms with Gasteiger partial charge in [0.25, 0.3) is 0 Å². The van der Waals surface area contributed by atoms with Crippen LogP contribution in [-0.4, -0.2) is 12.1 Å². The number of hydrogen-bond donors (Lipinski definition) is 0. The highest BCUT2D eigenvalue weighted by Crippen LogP contribution is 2.72. The fourth-order valence-electron chi connectivity index (χ4n) is 10.4. The van der Waals surface area contributed by atoms with Gasteiger partial charge in [-0.05, 0) is 111 Å². The van der Waals surface area contributed by atoms with E-state index in [1.807, 2.05) is 11.1 Å². The number of carbonyl (C=O) groups is 1. The monoisotopic (exact) mass is 496 g/mol. The Morgan fingerprint density at radius 2 is 1.67 bits per heavy atom. The molecule has 0 aromatic heterocycles. The van der Waals surface area contributed by atoms with Crippen molar-refractivity contribution in [1.82, 2.24) is 0 Å². The second kappa shape index (κ2) is 9.60. The number of allylic oxidation sites excluding steroid dienone is 4. The zero-order valence-corrected chi connectivity index (χ0v) is 25.4. The highest BCUT2D eigenvalue weighted by Gasteiger charge is 2.63. The molecule has 36 heavy (non-hydrogen) atoms. The van der Waals surface area contributed by atoms with Gasteiger partial charge >= 0.3 is 5.97 Å². The summed E-state index contributed by atoms with van der Waals surface area (Å²) in [4.78, 5) is 11.9. The Morgan fingerprint density at radius 3 is 2.28 bits per heavy atom. The van der Waals surface area contributed by atoms with Gasteiger partial charge < -0.3 is 4.74 Å². The molecule has 7 atom stereocenters. The molecule has 0 heterocycles. The van der Waals surface area contributed by atoms with E-state index >= 15 is 0 Å². The van der Waals surface area contributed by atoms with E-state index in [1.165, 1.54) is 57.8 Å². The Labute approximate surface area is 223 Å². The first-order chi connectivity index (χ1) is 16.7. The minimum absolute atomic E-state index is 0.0342. The van der Waals surface area contributed by atoms with Crippen LogP contribution in [0.1, 0.15) is 133 Å². The van der Waals surface area contributed by atoms with Gasteiger partial charge in [0.1, 0.15) is 6.10 Å². The van der Waals surface area contributed by atoms with Crippen molar-refractivity contribution in [1.29, 1.82) is 0 Å². The molecule has 204 valence electrons. The second-order valence-corrected chi connectivity index (χ2v) is 14.9. The first-order valence-corrected chi connectivity index (χ1v) is 15.3. The van der Waals surface area contributed by atoms with E-state index < -0.39 is 0 Å². The van der Waals surface area contributed by atoms with E-state index in [0.717, 1.165) is 18.3 Å². The van der Waals surface area contributed by atoms with E-state index in [1.54, 1.807) is 12.5 Å². The van der Waals surface area contributed by atoms with Crippen LogP contribution < -0.4 is 0 Å². The van der Waals surface area contributed by atoms with Crippen molar-refractivity contribution < 1.29 is 9.53 Å². The summed E-state index contributed by atoms with van der Waals surface area (Å²) in [5.41, 5.74) is 6.41. The SMILES string of the molecule is C/C=C(\CC[C@@H](C)[C@H]1CC[C@@]2(C)C3=C(CC[C@]12C)[C@@]1(C)CC[C@H](OC(C)=O)C(C)(C)[C@@H]1CC3)C(C)C. The molecule has 0 amide bonds. The molecule has 0 aromatic rings. The Bertz CT molecular complexity index is 921. The van der Waals surface area contributed by atoms with Crippen molar-refractivity contribution in [3.63, 3.8) is 0 Å². The Balaban J connectivity index is 1.60. The van der Waals surface area contributed by atoms with Crippen LogP contribution in [0.15, 0.2) is 22.8 Å². The summed E-state index contributed by atoms with van der Waals surface area (Å²) in [5.74, 6) is 2.78. The van der Waals surface area contributed by atoms with Crippen LogP contribution in [0.25, 0.3) is 0 Å². The first kappa shape index (κ1) is 28.0. The van der Waals surface area contributed by atoms with Crippen molar-refractivity contribution in [3.05, 3.63) is 22.8 Å². The molecule has 0 N–H and O–H groups in total. The van der Waals surface area contributed by atoms with Gasteiger partial charge in [0.2, 0.25) is 0 Å². The van der Waals surface area contributed by atoms with Crippen molar-refractivity contribution in [2.75, 3.05) is 0 Å². The molecule has 0 unspecified atom stereocenters. The van der Waals surface area contributed by atoms with Crippen LogP contribution in [0.3, 0.4) is 0 Å². The van der Waals surface area contributed by atoms with E-state index in [2.05, 4.69) is 68.4 Å². The van der Waals surface area contributed by atoms with Crippen LogP contribution in [0.4, 0.5) is 0 Å². The lowest BCUT2D eigenvalue weighted by atomic mass is 9.43. The topological polar surface area (TPSA) is 26.3 Å². The molecule has 2 saturated carbocycles. The molecule has 2 fully saturated rings. The van der Waals surface area contributed by atoms with Gasteiger partial charge in [-0.3, -0.25) is 4.79 Å². The average Bonchev–Trinajstić information content (AvgIpc) is 3.07. The van der Waals surface area contributed by atoms with E-state index in [4.69, 9.17) is 4.74 Å². The van der Waals surface area contributed by atoms with Crippen molar-refractivity contribution in [3.8, 4) is 0 Å². The number of ether oxygens (including phenoxy) is 1. The smallest absolute Gasteiger partial charge is 0.302 e. The van der Waals surface area contributed by atoms with Crippen molar-refractivity contribution in [2.45, 2.75) is 140 Å². The third kappa shape index (κ3) is 4.16. The summed E-state index contributed by atoms with van der Waals surface area (Å²) in [5, 5.41) is 0. The minimum atomic E-state index is -0.116. The van der Waals surface area contributed by atoms with Crippen LogP contribution in [-0.2, 0) is 9.53 Å². The lowest BCUT2D eigenvalue weighted by molar-refractivity contribution is -0.167. The summed E-state index contributed by atoms with van der Waals surface area (Å²) in [6, 6.07) is 0. The maximum atomic E-state index is 11.9. The molecule has 4 rings (SSSR count). The maximum Gasteiger partial charge on any atom is 0.302 e. The summed E-state index contributed by atoms with van der Waals surface area (Å²) >= 11 is 0. The Kier molecular flexibility index (Phi) is 7.46. The van der Waals surface area contributed by atoms with Crippen molar-refractivity contribution >= 4 is 5.97 Å². The summed E-state index contributed by atoms with van der Waals surface area (Å²) < 4.78 is 5.89. The quantitative estimate of drug-likeness (QED) is 0.270. The predicted octanol–water partition coefficient (Wildman–Crippen LogP) is 9.69. The fraction of sp³-hybridized carbons (Fsp3) is 0.853. The number of fused-ring (bicyclic) bond motifs is 4. The van der Waals surface area contributed by atoms with Crippen LogP contribution >= 0.6 is 0 Å². The molecular weight excluding hydrogens is 440 g/mol. The van der Waals surface area contributed by atoms with Crippen LogP contribution in [0, 0.1) is 45.3 Å².